The third kappa shape index (κ3) is 5.01. The second kappa shape index (κ2) is 6.46. The van der Waals surface area contributed by atoms with Crippen LogP contribution in [-0.2, 0) is 20.9 Å². The molecule has 0 aliphatic rings. The smallest absolute Gasteiger partial charge is 0.329 e. The van der Waals surface area contributed by atoms with Crippen molar-refractivity contribution in [3.05, 3.63) is 24.0 Å². The van der Waals surface area contributed by atoms with E-state index in [-0.39, 0.29) is 13.2 Å². The van der Waals surface area contributed by atoms with Crippen LogP contribution in [0.5, 0.6) is 0 Å². The van der Waals surface area contributed by atoms with E-state index in [0.717, 1.165) is 0 Å². The summed E-state index contributed by atoms with van der Waals surface area (Å²) in [6, 6.07) is 3.42. The number of carbonyl (C=O) groups excluding carboxylic acids is 1. The number of hydrogen-bond donors (Lipinski definition) is 2. The summed E-state index contributed by atoms with van der Waals surface area (Å²) in [6.45, 7) is -0.534. The van der Waals surface area contributed by atoms with E-state index in [2.05, 4.69) is 20.3 Å². The fourth-order valence-electron chi connectivity index (χ4n) is 0.899. The zero-order valence-corrected chi connectivity index (χ0v) is 8.42. The highest BCUT2D eigenvalue weighted by molar-refractivity contribution is 5.77. The zero-order valence-electron chi connectivity index (χ0n) is 8.42. The van der Waals surface area contributed by atoms with Crippen molar-refractivity contribution in [2.75, 3.05) is 13.2 Å². The van der Waals surface area contributed by atoms with Crippen LogP contribution in [0.4, 0.5) is 0 Å². The molecule has 2 N–H and O–H groups in total. The molecule has 0 saturated carbocycles. The first kappa shape index (κ1) is 12.1. The summed E-state index contributed by atoms with van der Waals surface area (Å²) < 4.78 is 4.60. The molecule has 0 unspecified atom stereocenters. The average Bonchev–Trinajstić information content (AvgIpc) is 2.27. The molecule has 7 heteroatoms. The van der Waals surface area contributed by atoms with Crippen molar-refractivity contribution in [2.45, 2.75) is 6.54 Å². The van der Waals surface area contributed by atoms with Crippen molar-refractivity contribution in [3.8, 4) is 0 Å². The number of aromatic nitrogens is 2. The van der Waals surface area contributed by atoms with Crippen molar-refractivity contribution >= 4 is 11.9 Å². The first-order valence-electron chi connectivity index (χ1n) is 4.51. The maximum Gasteiger partial charge on any atom is 0.329 e. The molecular weight excluding hydrogens is 214 g/mol. The van der Waals surface area contributed by atoms with E-state index in [1.54, 1.807) is 12.1 Å². The van der Waals surface area contributed by atoms with Gasteiger partial charge in [0.2, 0.25) is 5.91 Å². The Kier molecular flexibility index (Phi) is 4.87. The van der Waals surface area contributed by atoms with Gasteiger partial charge in [-0.3, -0.25) is 4.79 Å². The predicted molar refractivity (Wildman–Crippen MR) is 52.3 cm³/mol. The summed E-state index contributed by atoms with van der Waals surface area (Å²) in [4.78, 5) is 21.2. The van der Waals surface area contributed by atoms with Gasteiger partial charge in [0, 0.05) is 6.20 Å². The fraction of sp³-hybridized carbons (Fsp3) is 0.333. The Bertz CT molecular complexity index is 355. The number of carboxylic acids is 1. The molecule has 7 nitrogen and oxygen atoms in total. The highest BCUT2D eigenvalue weighted by atomic mass is 16.5. The lowest BCUT2D eigenvalue weighted by Gasteiger charge is -2.03. The van der Waals surface area contributed by atoms with Crippen LogP contribution >= 0.6 is 0 Å². The number of hydrogen-bond acceptors (Lipinski definition) is 5. The topological polar surface area (TPSA) is 101 Å². The van der Waals surface area contributed by atoms with E-state index in [9.17, 15) is 9.59 Å². The van der Waals surface area contributed by atoms with E-state index in [4.69, 9.17) is 5.11 Å². The second-order valence-electron chi connectivity index (χ2n) is 2.88. The molecule has 0 aromatic carbocycles. The lowest BCUT2D eigenvalue weighted by Crippen LogP contribution is -2.28. The second-order valence-corrected chi connectivity index (χ2v) is 2.88. The van der Waals surface area contributed by atoms with Crippen LogP contribution in [0, 0.1) is 0 Å². The fourth-order valence-corrected chi connectivity index (χ4v) is 0.899. The minimum Gasteiger partial charge on any atom is -0.480 e. The van der Waals surface area contributed by atoms with Crippen molar-refractivity contribution in [1.29, 1.82) is 0 Å². The van der Waals surface area contributed by atoms with Gasteiger partial charge in [0.15, 0.2) is 0 Å². The molecule has 0 spiro atoms. The van der Waals surface area contributed by atoms with Gasteiger partial charge in [-0.25, -0.2) is 4.79 Å². The Morgan fingerprint density at radius 2 is 2.25 bits per heavy atom. The summed E-state index contributed by atoms with van der Waals surface area (Å²) in [5.41, 5.74) is 0.620. The molecule has 0 aliphatic carbocycles. The molecule has 0 fully saturated rings. The molecular formula is C9H11N3O4. The predicted octanol–water partition coefficient (Wildman–Crippen LogP) is -0.806. The molecule has 1 amide bonds. The van der Waals surface area contributed by atoms with Crippen LogP contribution < -0.4 is 5.32 Å². The molecule has 0 bridgehead atoms. The maximum absolute atomic E-state index is 11.1. The molecule has 0 aliphatic heterocycles. The lowest BCUT2D eigenvalue weighted by atomic mass is 10.4. The van der Waals surface area contributed by atoms with Crippen molar-refractivity contribution < 1.29 is 19.4 Å². The summed E-state index contributed by atoms with van der Waals surface area (Å²) >= 11 is 0. The summed E-state index contributed by atoms with van der Waals surface area (Å²) in [6.07, 6.45) is 1.53. The Morgan fingerprint density at radius 3 is 2.88 bits per heavy atom. The highest BCUT2D eigenvalue weighted by Crippen LogP contribution is 1.89. The van der Waals surface area contributed by atoms with Crippen LogP contribution in [0.25, 0.3) is 0 Å². The van der Waals surface area contributed by atoms with Gasteiger partial charge in [-0.1, -0.05) is 0 Å². The normalized spacial score (nSPS) is 9.75. The van der Waals surface area contributed by atoms with E-state index < -0.39 is 18.5 Å². The number of ether oxygens (including phenoxy) is 1. The Morgan fingerprint density at radius 1 is 1.44 bits per heavy atom. The van der Waals surface area contributed by atoms with E-state index >= 15 is 0 Å². The SMILES string of the molecule is O=C(O)COCC(=O)NCc1cccnn1. The number of nitrogens with one attached hydrogen (secondary N) is 1. The highest BCUT2D eigenvalue weighted by Gasteiger charge is 2.03. The quantitative estimate of drug-likeness (QED) is 0.656. The van der Waals surface area contributed by atoms with Gasteiger partial charge in [0.1, 0.15) is 13.2 Å². The summed E-state index contributed by atoms with van der Waals surface area (Å²) in [5, 5.41) is 18.2. The minimum atomic E-state index is -1.11. The van der Waals surface area contributed by atoms with Gasteiger partial charge >= 0.3 is 5.97 Å². The first-order chi connectivity index (χ1) is 7.68. The third-order valence-corrected chi connectivity index (χ3v) is 1.55. The van der Waals surface area contributed by atoms with Gasteiger partial charge in [0.25, 0.3) is 0 Å². The lowest BCUT2D eigenvalue weighted by molar-refractivity contribution is -0.143. The molecule has 16 heavy (non-hydrogen) atoms. The van der Waals surface area contributed by atoms with Gasteiger partial charge in [-0.2, -0.15) is 10.2 Å². The molecule has 0 radical (unpaired) electrons. The molecule has 1 rings (SSSR count). The summed E-state index contributed by atoms with van der Waals surface area (Å²) in [7, 11) is 0. The first-order valence-corrected chi connectivity index (χ1v) is 4.51. The van der Waals surface area contributed by atoms with E-state index in [1.807, 2.05) is 0 Å². The van der Waals surface area contributed by atoms with Crippen LogP contribution in [-0.4, -0.2) is 40.4 Å². The molecule has 1 aromatic rings. The largest absolute Gasteiger partial charge is 0.480 e. The van der Waals surface area contributed by atoms with Crippen molar-refractivity contribution in [3.63, 3.8) is 0 Å². The van der Waals surface area contributed by atoms with Gasteiger partial charge in [-0.05, 0) is 12.1 Å². The average molecular weight is 225 g/mol. The van der Waals surface area contributed by atoms with E-state index in [0.29, 0.717) is 5.69 Å². The van der Waals surface area contributed by atoms with E-state index in [1.165, 1.54) is 6.20 Å². The van der Waals surface area contributed by atoms with Gasteiger partial charge in [-0.15, -0.1) is 0 Å². The zero-order chi connectivity index (χ0) is 11.8. The Hall–Kier alpha value is -2.02. The number of carbonyl (C=O) groups is 2. The number of nitrogens with zero attached hydrogens (tertiary/aromatic N) is 2. The van der Waals surface area contributed by atoms with Crippen LogP contribution in [0.3, 0.4) is 0 Å². The molecule has 1 heterocycles. The van der Waals surface area contributed by atoms with Crippen molar-refractivity contribution in [1.82, 2.24) is 15.5 Å². The van der Waals surface area contributed by atoms with Gasteiger partial charge < -0.3 is 15.2 Å². The molecule has 0 atom stereocenters. The molecule has 0 saturated heterocycles. The summed E-state index contributed by atoms with van der Waals surface area (Å²) in [5.74, 6) is -1.51. The monoisotopic (exact) mass is 225 g/mol. The number of carboxylic acid groups (broad SMARTS) is 1. The van der Waals surface area contributed by atoms with Crippen LogP contribution in [0.1, 0.15) is 5.69 Å². The Balaban J connectivity index is 2.18. The standard InChI is InChI=1S/C9H11N3O4/c13-8(5-16-6-9(14)15)10-4-7-2-1-3-11-12-7/h1-3H,4-6H2,(H,10,13)(H,14,15). The van der Waals surface area contributed by atoms with Crippen LogP contribution in [0.15, 0.2) is 18.3 Å². The minimum absolute atomic E-state index is 0.239. The third-order valence-electron chi connectivity index (χ3n) is 1.55. The van der Waals surface area contributed by atoms with Crippen LogP contribution in [0.2, 0.25) is 0 Å². The Labute approximate surface area is 91.4 Å². The van der Waals surface area contributed by atoms with Gasteiger partial charge in [0.05, 0.1) is 12.2 Å². The number of amides is 1. The maximum atomic E-state index is 11.1. The molecule has 86 valence electrons. The van der Waals surface area contributed by atoms with Crippen molar-refractivity contribution in [2.24, 2.45) is 0 Å². The number of rotatable bonds is 6. The molecule has 1 aromatic heterocycles. The number of aliphatic carboxylic acids is 1.